The Kier molecular flexibility index (Phi) is 6.53. The van der Waals surface area contributed by atoms with Gasteiger partial charge in [-0.25, -0.2) is 10.4 Å². The molecule has 2 saturated carbocycles. The summed E-state index contributed by atoms with van der Waals surface area (Å²) >= 11 is 0. The Morgan fingerprint density at radius 2 is 1.59 bits per heavy atom. The smallest absolute Gasteiger partial charge is 0.351 e. The second-order valence-electron chi connectivity index (χ2n) is 8.42. The second kappa shape index (κ2) is 8.45. The molecule has 166 valence electrons. The average molecular weight is 427 g/mol. The van der Waals surface area contributed by atoms with Crippen molar-refractivity contribution in [3.63, 3.8) is 0 Å². The monoisotopic (exact) mass is 427 g/mol. The topological polar surface area (TPSA) is 44.4 Å². The molecule has 4 atom stereocenters. The van der Waals surface area contributed by atoms with Gasteiger partial charge in [0.25, 0.3) is 0 Å². The summed E-state index contributed by atoms with van der Waals surface area (Å²) in [6.07, 6.45) is -6.47. The molecule has 3 rings (SSSR count). The fraction of sp³-hybridized carbons (Fsp3) is 0.842. The summed E-state index contributed by atoms with van der Waals surface area (Å²) in [6.45, 7) is 3.63. The van der Waals surface area contributed by atoms with Crippen LogP contribution in [0.15, 0.2) is 12.7 Å². The first kappa shape index (κ1) is 22.4. The van der Waals surface area contributed by atoms with E-state index in [1.165, 1.54) is 0 Å². The van der Waals surface area contributed by atoms with Crippen molar-refractivity contribution in [1.29, 1.82) is 0 Å². The molecule has 1 heterocycles. The number of hydrogen-bond acceptors (Lipinski definition) is 3. The van der Waals surface area contributed by atoms with E-state index in [2.05, 4.69) is 17.3 Å². The molecule has 2 N–H and O–H groups in total. The van der Waals surface area contributed by atoms with Crippen molar-refractivity contribution in [3.05, 3.63) is 12.7 Å². The van der Waals surface area contributed by atoms with Crippen molar-refractivity contribution < 1.29 is 31.1 Å². The van der Waals surface area contributed by atoms with Crippen molar-refractivity contribution in [1.82, 2.24) is 15.8 Å². The average Bonchev–Trinajstić information content (AvgIpc) is 3.03. The van der Waals surface area contributed by atoms with Crippen molar-refractivity contribution in [2.75, 3.05) is 6.54 Å². The third-order valence-electron chi connectivity index (χ3n) is 6.76. The number of nitrogens with zero attached hydrogens (tertiary/aromatic N) is 1. The summed E-state index contributed by atoms with van der Waals surface area (Å²) < 4.78 is 78.8. The highest BCUT2D eigenvalue weighted by Crippen LogP contribution is 2.46. The Balaban J connectivity index is 1.71. The lowest BCUT2D eigenvalue weighted by Crippen LogP contribution is -2.51. The molecule has 3 aliphatic rings. The van der Waals surface area contributed by atoms with Gasteiger partial charge in [-0.1, -0.05) is 6.58 Å². The van der Waals surface area contributed by atoms with E-state index in [1.807, 2.05) is 0 Å². The van der Waals surface area contributed by atoms with Crippen molar-refractivity contribution in [2.45, 2.75) is 75.4 Å². The fourth-order valence-electron chi connectivity index (χ4n) is 5.18. The Morgan fingerprint density at radius 3 is 2.14 bits per heavy atom. The first-order valence-corrected chi connectivity index (χ1v) is 10.1. The second-order valence-corrected chi connectivity index (χ2v) is 8.42. The predicted octanol–water partition coefficient (Wildman–Crippen LogP) is 3.95. The highest BCUT2D eigenvalue weighted by atomic mass is 19.4. The quantitative estimate of drug-likeness (QED) is 0.528. The summed E-state index contributed by atoms with van der Waals surface area (Å²) in [5.74, 6) is -3.19. The lowest BCUT2D eigenvalue weighted by molar-refractivity contribution is -0.193. The molecule has 2 aliphatic carbocycles. The van der Waals surface area contributed by atoms with Gasteiger partial charge in [0, 0.05) is 24.7 Å². The summed E-state index contributed by atoms with van der Waals surface area (Å²) in [6, 6.07) is -0.861. The van der Waals surface area contributed by atoms with Gasteiger partial charge in [0.1, 0.15) is 0 Å². The van der Waals surface area contributed by atoms with E-state index >= 15 is 0 Å². The normalized spacial score (nSPS) is 36.5. The molecule has 0 aromatic heterocycles. The van der Waals surface area contributed by atoms with Crippen LogP contribution in [0.25, 0.3) is 0 Å². The zero-order valence-electron chi connectivity index (χ0n) is 16.0. The number of carbonyl (C=O) groups is 1. The Bertz CT molecular complexity index is 600. The van der Waals surface area contributed by atoms with E-state index in [0.29, 0.717) is 19.3 Å². The molecular formula is C19H27F6N3O. The summed E-state index contributed by atoms with van der Waals surface area (Å²) in [5.41, 5.74) is 3.24. The van der Waals surface area contributed by atoms with Crippen molar-refractivity contribution in [3.8, 4) is 0 Å². The molecular weight excluding hydrogens is 400 g/mol. The Morgan fingerprint density at radius 1 is 1.00 bits per heavy atom. The predicted molar refractivity (Wildman–Crippen MR) is 94.4 cm³/mol. The van der Waals surface area contributed by atoms with E-state index in [4.69, 9.17) is 0 Å². The van der Waals surface area contributed by atoms with Gasteiger partial charge in [-0.05, 0) is 56.9 Å². The van der Waals surface area contributed by atoms with Crippen LogP contribution >= 0.6 is 0 Å². The van der Waals surface area contributed by atoms with Crippen LogP contribution in [0.4, 0.5) is 26.3 Å². The number of carbonyl (C=O) groups excluding carboxylic acids is 1. The van der Waals surface area contributed by atoms with E-state index in [1.54, 1.807) is 5.01 Å². The summed E-state index contributed by atoms with van der Waals surface area (Å²) in [7, 11) is 0. The number of alkyl halides is 6. The number of hydrazine groups is 1. The maximum atomic E-state index is 13.3. The third kappa shape index (κ3) is 5.07. The van der Waals surface area contributed by atoms with Crippen LogP contribution < -0.4 is 10.7 Å². The van der Waals surface area contributed by atoms with E-state index in [-0.39, 0.29) is 56.1 Å². The highest BCUT2D eigenvalue weighted by Gasteiger charge is 2.53. The Labute approximate surface area is 166 Å². The number of fused-ring (bicyclic) bond motifs is 1. The van der Waals surface area contributed by atoms with Crippen LogP contribution in [-0.4, -0.2) is 47.9 Å². The summed E-state index contributed by atoms with van der Waals surface area (Å²) in [5, 5.41) is 4.47. The number of halogens is 6. The van der Waals surface area contributed by atoms with Crippen LogP contribution in [0, 0.1) is 17.8 Å². The summed E-state index contributed by atoms with van der Waals surface area (Å²) in [4.78, 5) is 11.5. The van der Waals surface area contributed by atoms with Gasteiger partial charge in [-0.2, -0.15) is 26.3 Å². The minimum Gasteiger partial charge on any atom is -0.351 e. The number of hydrogen-bond donors (Lipinski definition) is 2. The molecule has 1 amide bonds. The van der Waals surface area contributed by atoms with Crippen molar-refractivity contribution in [2.24, 2.45) is 17.8 Å². The van der Waals surface area contributed by atoms with Gasteiger partial charge in [-0.3, -0.25) is 4.79 Å². The molecule has 0 spiro atoms. The fourth-order valence-corrected chi connectivity index (χ4v) is 5.18. The lowest BCUT2D eigenvalue weighted by atomic mass is 9.75. The van der Waals surface area contributed by atoms with Crippen LogP contribution in [0.3, 0.4) is 0 Å². The van der Waals surface area contributed by atoms with Crippen LogP contribution in [0.5, 0.6) is 0 Å². The molecule has 3 fully saturated rings. The molecule has 1 aliphatic heterocycles. The van der Waals surface area contributed by atoms with Gasteiger partial charge < -0.3 is 5.32 Å². The standard InChI is InChI=1S/C19H27F6N3O/c1-2-17(29)26-10-15-14-8-5-12(19(23,24)25)9-16(14)28(27-15)13-6-3-11(4-7-13)18(20,21)22/h2,11-16,27H,1,3-10H2,(H,26,29). The Hall–Kier alpha value is -1.29. The minimum absolute atomic E-state index is 0.00962. The maximum absolute atomic E-state index is 13.3. The van der Waals surface area contributed by atoms with E-state index < -0.39 is 30.2 Å². The third-order valence-corrected chi connectivity index (χ3v) is 6.76. The van der Waals surface area contributed by atoms with Crippen LogP contribution in [-0.2, 0) is 4.79 Å². The van der Waals surface area contributed by atoms with Gasteiger partial charge in [0.15, 0.2) is 0 Å². The molecule has 4 nitrogen and oxygen atoms in total. The van der Waals surface area contributed by atoms with Crippen LogP contribution in [0.2, 0.25) is 0 Å². The van der Waals surface area contributed by atoms with Gasteiger partial charge in [-0.15, -0.1) is 0 Å². The first-order chi connectivity index (χ1) is 13.5. The van der Waals surface area contributed by atoms with E-state index in [9.17, 15) is 31.1 Å². The molecule has 10 heteroatoms. The number of amides is 1. The molecule has 29 heavy (non-hydrogen) atoms. The van der Waals surface area contributed by atoms with Gasteiger partial charge >= 0.3 is 12.4 Å². The highest BCUT2D eigenvalue weighted by molar-refractivity contribution is 5.86. The molecule has 4 unspecified atom stereocenters. The zero-order valence-corrected chi connectivity index (χ0v) is 16.0. The van der Waals surface area contributed by atoms with Crippen molar-refractivity contribution >= 4 is 5.91 Å². The SMILES string of the molecule is C=CC(=O)NCC1NN(C2CCC(C(F)(F)F)CC2)C2CC(C(F)(F)F)CCC12. The molecule has 1 saturated heterocycles. The van der Waals surface area contributed by atoms with Gasteiger partial charge in [0.2, 0.25) is 5.91 Å². The number of rotatable bonds is 4. The largest absolute Gasteiger partial charge is 0.391 e. The minimum atomic E-state index is -4.28. The molecule has 0 bridgehead atoms. The molecule has 0 aromatic carbocycles. The zero-order chi connectivity index (χ0) is 21.4. The molecule has 0 radical (unpaired) electrons. The lowest BCUT2D eigenvalue weighted by Gasteiger charge is -2.41. The van der Waals surface area contributed by atoms with Crippen LogP contribution in [0.1, 0.15) is 44.9 Å². The van der Waals surface area contributed by atoms with E-state index in [0.717, 1.165) is 6.08 Å². The van der Waals surface area contributed by atoms with Gasteiger partial charge in [0.05, 0.1) is 11.8 Å². The first-order valence-electron chi connectivity index (χ1n) is 10.1. The number of nitrogens with one attached hydrogen (secondary N) is 2. The maximum Gasteiger partial charge on any atom is 0.391 e. The molecule has 0 aromatic rings.